The van der Waals surface area contributed by atoms with Crippen LogP contribution in [0.1, 0.15) is 120 Å². The van der Waals surface area contributed by atoms with Gasteiger partial charge in [0.15, 0.2) is 17.5 Å². The van der Waals surface area contributed by atoms with Crippen molar-refractivity contribution < 1.29 is 32.2 Å². The number of ether oxygens (including phenoxy) is 2. The Balaban J connectivity index is 0.000000127. The third-order valence-electron chi connectivity index (χ3n) is 21.7. The molecule has 18 rings (SSSR count). The molecule has 3 fully saturated rings. The maximum atomic E-state index is 15.1. The fraction of sp³-hybridized carbons (Fsp3) is 0.412. The summed E-state index contributed by atoms with van der Waals surface area (Å²) >= 11 is 5.84. The Labute approximate surface area is 681 Å². The third-order valence-corrected chi connectivity index (χ3v) is 21.9. The van der Waals surface area contributed by atoms with Gasteiger partial charge < -0.3 is 69.4 Å². The number of pyridine rings is 3. The number of fused-ring (bicyclic) bond motifs is 9. The molecule has 32 heteroatoms. The molecule has 2 amide bonds. The van der Waals surface area contributed by atoms with Crippen molar-refractivity contribution in [2.75, 3.05) is 110 Å². The van der Waals surface area contributed by atoms with Crippen molar-refractivity contribution in [1.82, 2.24) is 88.6 Å². The summed E-state index contributed by atoms with van der Waals surface area (Å²) in [5.41, 5.74) is 15.0. The molecular formula is C85H98ClF3N24O4. The predicted molar refractivity (Wildman–Crippen MR) is 449 cm³/mol. The van der Waals surface area contributed by atoms with E-state index in [2.05, 4.69) is 152 Å². The minimum absolute atomic E-state index is 0.0571. The van der Waals surface area contributed by atoms with E-state index in [1.54, 1.807) is 65.0 Å². The van der Waals surface area contributed by atoms with Crippen molar-refractivity contribution >= 4 is 103 Å². The van der Waals surface area contributed by atoms with E-state index in [9.17, 15) is 14.0 Å². The first-order valence-electron chi connectivity index (χ1n) is 39.6. The van der Waals surface area contributed by atoms with Crippen LogP contribution >= 0.6 is 11.6 Å². The summed E-state index contributed by atoms with van der Waals surface area (Å²) in [5, 5.41) is 9.83. The van der Waals surface area contributed by atoms with Crippen LogP contribution in [0, 0.1) is 17.5 Å². The van der Waals surface area contributed by atoms with Crippen LogP contribution in [0.2, 0.25) is 5.28 Å². The lowest BCUT2D eigenvalue weighted by Gasteiger charge is -2.36. The van der Waals surface area contributed by atoms with Crippen molar-refractivity contribution in [1.29, 1.82) is 0 Å². The second-order valence-corrected chi connectivity index (χ2v) is 34.2. The van der Waals surface area contributed by atoms with E-state index < -0.39 is 11.2 Å². The average Bonchev–Trinajstić information content (AvgIpc) is 1.59. The van der Waals surface area contributed by atoms with Gasteiger partial charge in [-0.15, -0.1) is 0 Å². The minimum atomic E-state index is -0.509. The number of nitrogen functional groups attached to an aromatic ring is 1. The summed E-state index contributed by atoms with van der Waals surface area (Å²) in [5.74, 6) is 4.34. The smallest absolute Gasteiger partial charge is 0.410 e. The zero-order valence-electron chi connectivity index (χ0n) is 68.0. The van der Waals surface area contributed by atoms with E-state index in [4.69, 9.17) is 26.8 Å². The van der Waals surface area contributed by atoms with E-state index >= 15 is 8.78 Å². The lowest BCUT2D eigenvalue weighted by atomic mass is 10.0. The largest absolute Gasteiger partial charge is 0.444 e. The molecule has 3 aromatic carbocycles. The Hall–Kier alpha value is -11.9. The maximum absolute atomic E-state index is 15.1. The molecule has 0 spiro atoms. The number of amides is 2. The molecule has 0 saturated carbocycles. The summed E-state index contributed by atoms with van der Waals surface area (Å²) in [7, 11) is 0. The first kappa shape index (κ1) is 80.3. The van der Waals surface area contributed by atoms with Crippen LogP contribution in [-0.4, -0.2) is 185 Å². The molecule has 117 heavy (non-hydrogen) atoms. The van der Waals surface area contributed by atoms with E-state index in [1.807, 2.05) is 90.2 Å². The van der Waals surface area contributed by atoms with Crippen LogP contribution in [0.25, 0.3) is 66.9 Å². The number of halogens is 4. The summed E-state index contributed by atoms with van der Waals surface area (Å²) in [6.07, 6.45) is 15.3. The fourth-order valence-corrected chi connectivity index (χ4v) is 15.9. The van der Waals surface area contributed by atoms with Crippen molar-refractivity contribution in [3.63, 3.8) is 0 Å². The number of nitrogens with zero attached hydrogens (tertiary/aromatic N) is 20. The number of imidazole rings is 3. The molecule has 6 aliphatic rings. The monoisotopic (exact) mass is 1610 g/mol. The Bertz CT molecular complexity index is 5650. The van der Waals surface area contributed by atoms with E-state index in [-0.39, 0.29) is 51.5 Å². The Morgan fingerprint density at radius 3 is 1.14 bits per heavy atom. The van der Waals surface area contributed by atoms with Crippen LogP contribution in [0.4, 0.5) is 69.2 Å². The molecule has 0 bridgehead atoms. The number of anilines is 8. The van der Waals surface area contributed by atoms with Gasteiger partial charge in [-0.3, -0.25) is 0 Å². The van der Waals surface area contributed by atoms with Crippen LogP contribution in [-0.2, 0) is 45.4 Å². The van der Waals surface area contributed by atoms with Gasteiger partial charge in [0.1, 0.15) is 62.7 Å². The number of nitrogens with one attached hydrogen (secondary N) is 3. The number of benzene rings is 3. The molecular weight excluding hydrogens is 1510 g/mol. The molecule has 6 aliphatic heterocycles. The highest BCUT2D eigenvalue weighted by Crippen LogP contribution is 2.42. The number of nitrogens with two attached hydrogens (primary N) is 1. The summed E-state index contributed by atoms with van der Waals surface area (Å²) in [4.78, 5) is 87.2. The Kier molecular flexibility index (Phi) is 22.2. The van der Waals surface area contributed by atoms with E-state index in [1.165, 1.54) is 18.2 Å². The number of rotatable bonds is 10. The quantitative estimate of drug-likeness (QED) is 0.0925. The maximum Gasteiger partial charge on any atom is 0.410 e. The topological polar surface area (TPSA) is 300 Å². The minimum Gasteiger partial charge on any atom is -0.444 e. The van der Waals surface area contributed by atoms with Gasteiger partial charge in [-0.05, 0) is 205 Å². The van der Waals surface area contributed by atoms with Gasteiger partial charge in [0, 0.05) is 150 Å². The molecule has 0 unspecified atom stereocenters. The molecule has 0 aliphatic carbocycles. The van der Waals surface area contributed by atoms with E-state index in [0.717, 1.165) is 129 Å². The standard InChI is InChI=1S/C30H35FN8O2.C25H27FN8.C16H14ClFN4.C14H22N4O2/c1-29(2,3)41-28(40)38-14-12-37(13-15-38)20-6-7-24(33-18-20)35-27-32-11-9-22(34-27)19-16-21(31)26-23(17-19)39-25(36-26)8-10-30(39,4)5;1-25(2)7-5-22-32-23-18(26)13-16(14-20(23)34(22)25)19-6-8-28-24(30-19)31-21-4-3-17(15-29-21)33-11-9-27-10-12-33;1-16(2)5-3-13-21-14-10(18)7-9(8-12(14)22(13)16)11-4-6-19-15(17)20-11;1-14(2,3)20-13(19)18-8-6-17(7-9-18)11-4-5-12(15)16-10-11/h6-7,9,11,16-18H,8,10,12-15H2,1-5H3,(H,32,33,34,35);3-4,6,8,13-15,27H,5,7,9-12H2,1-2H3,(H,28,29,30,31);4,6-8H,3,5H2,1-2H3;4-5,10H,6-9H2,1-3H3,(H2,15,16). The molecule has 12 aromatic rings. The Morgan fingerprint density at radius 2 is 0.795 bits per heavy atom. The molecule has 0 atom stereocenters. The lowest BCUT2D eigenvalue weighted by molar-refractivity contribution is 0.0230. The number of carbonyl (C=O) groups excluding carboxylic acids is 2. The van der Waals surface area contributed by atoms with Gasteiger partial charge in [0.25, 0.3) is 0 Å². The van der Waals surface area contributed by atoms with Crippen LogP contribution < -0.4 is 36.4 Å². The highest BCUT2D eigenvalue weighted by Gasteiger charge is 2.37. The molecule has 28 nitrogen and oxygen atoms in total. The van der Waals surface area contributed by atoms with E-state index in [0.29, 0.717) is 119 Å². The van der Waals surface area contributed by atoms with Gasteiger partial charge in [-0.1, -0.05) is 0 Å². The average molecular weight is 1610 g/mol. The molecule has 610 valence electrons. The van der Waals surface area contributed by atoms with Gasteiger partial charge in [0.2, 0.25) is 17.2 Å². The molecule has 5 N–H and O–H groups in total. The third kappa shape index (κ3) is 17.9. The van der Waals surface area contributed by atoms with Crippen molar-refractivity contribution in [2.45, 2.75) is 149 Å². The van der Waals surface area contributed by atoms with Crippen molar-refractivity contribution in [3.05, 3.63) is 168 Å². The number of hydrogen-bond donors (Lipinski definition) is 4. The number of aryl methyl sites for hydroxylation is 3. The zero-order valence-corrected chi connectivity index (χ0v) is 68.8. The Morgan fingerprint density at radius 1 is 0.444 bits per heavy atom. The van der Waals surface area contributed by atoms with Crippen LogP contribution in [0.5, 0.6) is 0 Å². The van der Waals surface area contributed by atoms with Crippen molar-refractivity contribution in [2.24, 2.45) is 0 Å². The summed E-state index contributed by atoms with van der Waals surface area (Å²) in [6, 6.07) is 27.2. The fourth-order valence-electron chi connectivity index (χ4n) is 15.7. The summed E-state index contributed by atoms with van der Waals surface area (Å²) in [6.45, 7) is 33.5. The molecule has 15 heterocycles. The van der Waals surface area contributed by atoms with Crippen LogP contribution in [0.15, 0.2) is 128 Å². The highest BCUT2D eigenvalue weighted by molar-refractivity contribution is 6.28. The van der Waals surface area contributed by atoms with Crippen LogP contribution in [0.3, 0.4) is 0 Å². The van der Waals surface area contributed by atoms with Crippen molar-refractivity contribution in [3.8, 4) is 33.8 Å². The number of piperazine rings is 3. The van der Waals surface area contributed by atoms with Gasteiger partial charge in [0.05, 0.1) is 69.3 Å². The zero-order chi connectivity index (χ0) is 82.5. The lowest BCUT2D eigenvalue weighted by Crippen LogP contribution is -2.50. The highest BCUT2D eigenvalue weighted by atomic mass is 35.5. The van der Waals surface area contributed by atoms with Gasteiger partial charge in [-0.25, -0.2) is 82.6 Å². The number of hydrogen-bond acceptors (Lipinski definition) is 23. The van der Waals surface area contributed by atoms with Gasteiger partial charge >= 0.3 is 12.2 Å². The predicted octanol–water partition coefficient (Wildman–Crippen LogP) is 15.1. The molecule has 3 saturated heterocycles. The molecule has 0 radical (unpaired) electrons. The first-order valence-corrected chi connectivity index (χ1v) is 40.0. The molecule has 9 aromatic heterocycles. The number of aromatic nitrogens is 15. The number of carbonyl (C=O) groups is 2. The van der Waals surface area contributed by atoms with Gasteiger partial charge in [-0.2, -0.15) is 0 Å². The second-order valence-electron chi connectivity index (χ2n) is 33.9. The SMILES string of the molecule is CC(C)(C)OC(=O)N1CCN(c2ccc(N)nc2)CC1.CC(C)(C)OC(=O)N1CCN(c2ccc(Nc3nccc(-c4cc(F)c5nc6n(c5c4)C(C)(C)CC6)n3)nc2)CC1.CC1(C)CCc2nc3c(F)cc(-c4ccnc(Cl)n4)cc3n21.CC1(C)CCc2nc3c(F)cc(-c4ccnc(Nc5ccc(N6CCNCC6)cn5)n4)cc3n21. The normalized spacial score (nSPS) is 16.6. The second kappa shape index (κ2) is 32.3. The first-order chi connectivity index (χ1) is 55.7. The summed E-state index contributed by atoms with van der Waals surface area (Å²) < 4.78 is 62.0.